The van der Waals surface area contributed by atoms with Crippen LogP contribution in [0.3, 0.4) is 0 Å². The van der Waals surface area contributed by atoms with Crippen LogP contribution in [0.15, 0.2) is 48.5 Å². The van der Waals surface area contributed by atoms with Gasteiger partial charge in [-0.3, -0.25) is 4.79 Å². The van der Waals surface area contributed by atoms with E-state index < -0.39 is 12.1 Å². The number of anilines is 2. The minimum Gasteiger partial charge on any atom is -0.326 e. The van der Waals surface area contributed by atoms with Gasteiger partial charge in [-0.05, 0) is 49.7 Å². The fourth-order valence-electron chi connectivity index (χ4n) is 2.65. The number of urea groups is 1. The molecule has 1 heterocycles. The second-order valence-corrected chi connectivity index (χ2v) is 5.77. The molecule has 1 aliphatic heterocycles. The van der Waals surface area contributed by atoms with E-state index in [1.165, 1.54) is 24.3 Å². The Hall–Kier alpha value is -2.89. The van der Waals surface area contributed by atoms with Crippen molar-refractivity contribution in [2.45, 2.75) is 19.4 Å². The number of carbonyl (C=O) groups is 2. The van der Waals surface area contributed by atoms with Crippen molar-refractivity contribution in [1.82, 2.24) is 5.32 Å². The molecule has 0 aliphatic carbocycles. The quantitative estimate of drug-likeness (QED) is 0.910. The summed E-state index contributed by atoms with van der Waals surface area (Å²) >= 11 is 0. The Balaban J connectivity index is 1.60. The second-order valence-electron chi connectivity index (χ2n) is 5.77. The number of nitrogens with zero attached hydrogens (tertiary/aromatic N) is 1. The standard InChI is InChI=1S/C18H18FN3O2/c1-12-2-8-15(9-3-12)22-11-10-16(17(22)23)21-18(24)20-14-6-4-13(19)5-7-14/h2-9,16H,10-11H2,1H3,(H2,20,21,24). The molecule has 1 aliphatic rings. The summed E-state index contributed by atoms with van der Waals surface area (Å²) in [6.45, 7) is 2.54. The summed E-state index contributed by atoms with van der Waals surface area (Å²) < 4.78 is 12.9. The van der Waals surface area contributed by atoms with Crippen molar-refractivity contribution in [3.05, 3.63) is 59.9 Å². The third-order valence-electron chi connectivity index (χ3n) is 3.96. The number of halogens is 1. The van der Waals surface area contributed by atoms with Crippen molar-refractivity contribution >= 4 is 23.3 Å². The summed E-state index contributed by atoms with van der Waals surface area (Å²) in [5.74, 6) is -0.506. The molecule has 5 nitrogen and oxygen atoms in total. The van der Waals surface area contributed by atoms with Crippen LogP contribution in [0.2, 0.25) is 0 Å². The lowest BCUT2D eigenvalue weighted by molar-refractivity contribution is -0.118. The first-order chi connectivity index (χ1) is 11.5. The molecule has 3 amide bonds. The summed E-state index contributed by atoms with van der Waals surface area (Å²) in [5.41, 5.74) is 2.42. The van der Waals surface area contributed by atoms with E-state index in [1.807, 2.05) is 31.2 Å². The Morgan fingerprint density at radius 3 is 2.46 bits per heavy atom. The van der Waals surface area contributed by atoms with E-state index >= 15 is 0 Å². The molecule has 2 aromatic rings. The van der Waals surface area contributed by atoms with Gasteiger partial charge < -0.3 is 15.5 Å². The maximum absolute atomic E-state index is 12.9. The molecule has 24 heavy (non-hydrogen) atoms. The third kappa shape index (κ3) is 3.53. The number of nitrogens with one attached hydrogen (secondary N) is 2. The molecule has 0 radical (unpaired) electrons. The van der Waals surface area contributed by atoms with Gasteiger partial charge in [-0.15, -0.1) is 0 Å². The number of rotatable bonds is 3. The molecule has 2 aromatic carbocycles. The predicted octanol–water partition coefficient (Wildman–Crippen LogP) is 3.06. The van der Waals surface area contributed by atoms with Crippen LogP contribution in [0.4, 0.5) is 20.6 Å². The van der Waals surface area contributed by atoms with Gasteiger partial charge in [0.1, 0.15) is 11.9 Å². The average Bonchev–Trinajstić information content (AvgIpc) is 2.91. The van der Waals surface area contributed by atoms with E-state index in [0.29, 0.717) is 18.7 Å². The summed E-state index contributed by atoms with van der Waals surface area (Å²) in [4.78, 5) is 26.1. The van der Waals surface area contributed by atoms with E-state index in [-0.39, 0.29) is 11.7 Å². The molecule has 0 bridgehead atoms. The largest absolute Gasteiger partial charge is 0.326 e. The van der Waals surface area contributed by atoms with Crippen LogP contribution in [-0.4, -0.2) is 24.5 Å². The topological polar surface area (TPSA) is 61.4 Å². The molecule has 0 aromatic heterocycles. The van der Waals surface area contributed by atoms with Gasteiger partial charge in [-0.1, -0.05) is 17.7 Å². The Labute approximate surface area is 139 Å². The molecule has 1 unspecified atom stereocenters. The lowest BCUT2D eigenvalue weighted by Crippen LogP contribution is -2.43. The van der Waals surface area contributed by atoms with Crippen molar-refractivity contribution in [2.24, 2.45) is 0 Å². The molecular weight excluding hydrogens is 309 g/mol. The van der Waals surface area contributed by atoms with Gasteiger partial charge in [0, 0.05) is 17.9 Å². The molecule has 1 atom stereocenters. The maximum Gasteiger partial charge on any atom is 0.319 e. The molecule has 124 valence electrons. The van der Waals surface area contributed by atoms with Crippen LogP contribution >= 0.6 is 0 Å². The molecule has 6 heteroatoms. The Kier molecular flexibility index (Phi) is 4.46. The van der Waals surface area contributed by atoms with Crippen molar-refractivity contribution in [3.8, 4) is 0 Å². The van der Waals surface area contributed by atoms with E-state index in [4.69, 9.17) is 0 Å². The number of carbonyl (C=O) groups excluding carboxylic acids is 2. The summed E-state index contributed by atoms with van der Waals surface area (Å²) in [6.07, 6.45) is 0.545. The van der Waals surface area contributed by atoms with Crippen LogP contribution in [0.25, 0.3) is 0 Å². The normalized spacial score (nSPS) is 17.0. The molecule has 0 spiro atoms. The highest BCUT2D eigenvalue weighted by molar-refractivity contribution is 6.02. The van der Waals surface area contributed by atoms with E-state index in [1.54, 1.807) is 4.90 Å². The molecule has 1 saturated heterocycles. The maximum atomic E-state index is 12.9. The molecule has 2 N–H and O–H groups in total. The van der Waals surface area contributed by atoms with Gasteiger partial charge in [0.15, 0.2) is 0 Å². The lowest BCUT2D eigenvalue weighted by atomic mass is 10.2. The minimum absolute atomic E-state index is 0.131. The van der Waals surface area contributed by atoms with Crippen molar-refractivity contribution in [2.75, 3.05) is 16.8 Å². The van der Waals surface area contributed by atoms with Gasteiger partial charge in [-0.25, -0.2) is 9.18 Å². The Bertz CT molecular complexity index is 744. The van der Waals surface area contributed by atoms with Gasteiger partial charge >= 0.3 is 6.03 Å². The highest BCUT2D eigenvalue weighted by atomic mass is 19.1. The van der Waals surface area contributed by atoms with Crippen molar-refractivity contribution in [1.29, 1.82) is 0 Å². The third-order valence-corrected chi connectivity index (χ3v) is 3.96. The Morgan fingerprint density at radius 1 is 1.12 bits per heavy atom. The molecule has 0 saturated carbocycles. The van der Waals surface area contributed by atoms with Crippen LogP contribution in [0.5, 0.6) is 0 Å². The van der Waals surface area contributed by atoms with Crippen molar-refractivity contribution in [3.63, 3.8) is 0 Å². The SMILES string of the molecule is Cc1ccc(N2CCC(NC(=O)Nc3ccc(F)cc3)C2=O)cc1. The first-order valence-electron chi connectivity index (χ1n) is 7.74. The van der Waals surface area contributed by atoms with Crippen LogP contribution < -0.4 is 15.5 Å². The predicted molar refractivity (Wildman–Crippen MR) is 90.5 cm³/mol. The molecule has 3 rings (SSSR count). The van der Waals surface area contributed by atoms with Gasteiger partial charge in [-0.2, -0.15) is 0 Å². The Morgan fingerprint density at radius 2 is 1.79 bits per heavy atom. The summed E-state index contributed by atoms with van der Waals surface area (Å²) in [6, 6.07) is 12.1. The zero-order valence-electron chi connectivity index (χ0n) is 13.3. The zero-order chi connectivity index (χ0) is 17.1. The summed E-state index contributed by atoms with van der Waals surface area (Å²) in [7, 11) is 0. The van der Waals surface area contributed by atoms with E-state index in [2.05, 4.69) is 10.6 Å². The molecular formula is C18H18FN3O2. The minimum atomic E-state index is -0.563. The highest BCUT2D eigenvalue weighted by Gasteiger charge is 2.33. The smallest absolute Gasteiger partial charge is 0.319 e. The fourth-order valence-corrected chi connectivity index (χ4v) is 2.65. The number of aryl methyl sites for hydroxylation is 1. The van der Waals surface area contributed by atoms with Gasteiger partial charge in [0.05, 0.1) is 0 Å². The van der Waals surface area contributed by atoms with Crippen molar-refractivity contribution < 1.29 is 14.0 Å². The molecule has 1 fully saturated rings. The monoisotopic (exact) mass is 327 g/mol. The highest BCUT2D eigenvalue weighted by Crippen LogP contribution is 2.22. The number of hydrogen-bond acceptors (Lipinski definition) is 2. The van der Waals surface area contributed by atoms with Crippen LogP contribution in [0, 0.1) is 12.7 Å². The van der Waals surface area contributed by atoms with Crippen LogP contribution in [-0.2, 0) is 4.79 Å². The summed E-state index contributed by atoms with van der Waals surface area (Å²) in [5, 5.41) is 5.26. The van der Waals surface area contributed by atoms with E-state index in [0.717, 1.165) is 11.3 Å². The first kappa shape index (κ1) is 16.0. The number of benzene rings is 2. The number of amides is 3. The second kappa shape index (κ2) is 6.70. The lowest BCUT2D eigenvalue weighted by Gasteiger charge is -2.17. The zero-order valence-corrected chi connectivity index (χ0v) is 13.3. The van der Waals surface area contributed by atoms with Crippen LogP contribution in [0.1, 0.15) is 12.0 Å². The van der Waals surface area contributed by atoms with Gasteiger partial charge in [0.2, 0.25) is 5.91 Å². The fraction of sp³-hybridized carbons (Fsp3) is 0.222. The number of hydrogen-bond donors (Lipinski definition) is 2. The average molecular weight is 327 g/mol. The van der Waals surface area contributed by atoms with Gasteiger partial charge in [0.25, 0.3) is 0 Å². The first-order valence-corrected chi connectivity index (χ1v) is 7.74. The van der Waals surface area contributed by atoms with E-state index in [9.17, 15) is 14.0 Å².